The molecule has 0 saturated carbocycles. The second-order valence-corrected chi connectivity index (χ2v) is 5.23. The average Bonchev–Trinajstić information content (AvgIpc) is 2.15. The Bertz CT molecular complexity index is 507. The molecular weight excluding hydrogens is 357 g/mol. The van der Waals surface area contributed by atoms with Gasteiger partial charge < -0.3 is 4.74 Å². The Morgan fingerprint density at radius 1 is 1.56 bits per heavy atom. The van der Waals surface area contributed by atoms with Gasteiger partial charge in [-0.25, -0.2) is 27.3 Å². The number of pyridine rings is 1. The highest BCUT2D eigenvalue weighted by atomic mass is 127. The molecule has 0 aliphatic rings. The van der Waals surface area contributed by atoms with Crippen LogP contribution in [0.2, 0.25) is 0 Å². The van der Waals surface area contributed by atoms with Gasteiger partial charge in [-0.2, -0.15) is 0 Å². The molecule has 0 spiro atoms. The van der Waals surface area contributed by atoms with Gasteiger partial charge in [0, 0.05) is 0 Å². The van der Waals surface area contributed by atoms with E-state index < -0.39 is 26.9 Å². The predicted molar refractivity (Wildman–Crippen MR) is 59.8 cm³/mol. The molecule has 0 aliphatic heterocycles. The number of hydrogen-bond acceptors (Lipinski definition) is 4. The number of ether oxygens (including phenoxy) is 1. The quantitative estimate of drug-likeness (QED) is 0.647. The summed E-state index contributed by atoms with van der Waals surface area (Å²) in [4.78, 5) is 2.89. The number of primary sulfonamides is 1. The standard InChI is InChI=1S/C7H7F2IN2O3S/c1-15-3-2-12-7(10)4(6(8)9)5(3)16(11,13)14/h2,6H,1H3,(H2,11,13,14). The van der Waals surface area contributed by atoms with E-state index in [2.05, 4.69) is 9.72 Å². The summed E-state index contributed by atoms with van der Waals surface area (Å²) >= 11 is 1.51. The molecule has 0 bridgehead atoms. The molecule has 1 aromatic heterocycles. The van der Waals surface area contributed by atoms with Crippen LogP contribution in [0.1, 0.15) is 12.0 Å². The molecule has 0 radical (unpaired) electrons. The number of rotatable bonds is 3. The number of aromatic nitrogens is 1. The van der Waals surface area contributed by atoms with Gasteiger partial charge in [-0.05, 0) is 22.6 Å². The Morgan fingerprint density at radius 2 is 2.12 bits per heavy atom. The SMILES string of the molecule is COc1cnc(I)c(C(F)F)c1S(N)(=O)=O. The maximum Gasteiger partial charge on any atom is 0.267 e. The lowest BCUT2D eigenvalue weighted by Gasteiger charge is -2.12. The van der Waals surface area contributed by atoms with Crippen molar-refractivity contribution < 1.29 is 21.9 Å². The van der Waals surface area contributed by atoms with Gasteiger partial charge in [0.1, 0.15) is 8.60 Å². The van der Waals surface area contributed by atoms with Crippen LogP contribution in [0.3, 0.4) is 0 Å². The zero-order valence-electron chi connectivity index (χ0n) is 7.95. The average molecular weight is 364 g/mol. The van der Waals surface area contributed by atoms with Crippen LogP contribution < -0.4 is 9.88 Å². The highest BCUT2D eigenvalue weighted by Crippen LogP contribution is 2.34. The van der Waals surface area contributed by atoms with Crippen LogP contribution in [-0.4, -0.2) is 20.5 Å². The third kappa shape index (κ3) is 2.58. The van der Waals surface area contributed by atoms with Crippen LogP contribution in [-0.2, 0) is 10.0 Å². The molecule has 0 atom stereocenters. The maximum atomic E-state index is 12.7. The van der Waals surface area contributed by atoms with Crippen LogP contribution in [0.15, 0.2) is 11.1 Å². The minimum atomic E-state index is -4.29. The number of halogens is 3. The monoisotopic (exact) mass is 364 g/mol. The van der Waals surface area contributed by atoms with Gasteiger partial charge in [0.05, 0.1) is 18.9 Å². The first-order valence-corrected chi connectivity index (χ1v) is 6.45. The molecule has 16 heavy (non-hydrogen) atoms. The van der Waals surface area contributed by atoms with Crippen LogP contribution in [0.25, 0.3) is 0 Å². The number of hydrogen-bond donors (Lipinski definition) is 1. The molecule has 0 fully saturated rings. The summed E-state index contributed by atoms with van der Waals surface area (Å²) in [5, 5.41) is 4.87. The molecule has 0 amide bonds. The van der Waals surface area contributed by atoms with Gasteiger partial charge >= 0.3 is 0 Å². The fourth-order valence-corrected chi connectivity index (χ4v) is 2.83. The van der Waals surface area contributed by atoms with Gasteiger partial charge in [0.2, 0.25) is 10.0 Å². The van der Waals surface area contributed by atoms with E-state index in [9.17, 15) is 17.2 Å². The molecule has 1 heterocycles. The van der Waals surface area contributed by atoms with Crippen molar-refractivity contribution in [1.29, 1.82) is 0 Å². The highest BCUT2D eigenvalue weighted by molar-refractivity contribution is 14.1. The second-order valence-electron chi connectivity index (χ2n) is 2.71. The molecule has 9 heteroatoms. The van der Waals surface area contributed by atoms with Gasteiger partial charge in [-0.15, -0.1) is 0 Å². The van der Waals surface area contributed by atoms with E-state index in [1.807, 2.05) is 0 Å². The summed E-state index contributed by atoms with van der Waals surface area (Å²) in [6, 6.07) is 0. The molecule has 1 aromatic rings. The molecule has 2 N–H and O–H groups in total. The van der Waals surface area contributed by atoms with Crippen molar-refractivity contribution in [2.75, 3.05) is 7.11 Å². The van der Waals surface area contributed by atoms with Crippen LogP contribution in [0.5, 0.6) is 5.75 Å². The first-order valence-electron chi connectivity index (χ1n) is 3.82. The minimum Gasteiger partial charge on any atom is -0.494 e. The van der Waals surface area contributed by atoms with Crippen LogP contribution >= 0.6 is 22.6 Å². The van der Waals surface area contributed by atoms with E-state index in [4.69, 9.17) is 5.14 Å². The zero-order valence-corrected chi connectivity index (χ0v) is 10.9. The topological polar surface area (TPSA) is 82.3 Å². The number of sulfonamides is 1. The van der Waals surface area contributed by atoms with E-state index in [1.54, 1.807) is 0 Å². The summed E-state index contributed by atoms with van der Waals surface area (Å²) < 4.78 is 52.4. The summed E-state index contributed by atoms with van der Waals surface area (Å²) in [5.41, 5.74) is -0.734. The third-order valence-corrected chi connectivity index (χ3v) is 3.56. The van der Waals surface area contributed by atoms with E-state index >= 15 is 0 Å². The lowest BCUT2D eigenvalue weighted by Crippen LogP contribution is -2.17. The summed E-state index contributed by atoms with van der Waals surface area (Å²) in [5.74, 6) is -0.293. The second kappa shape index (κ2) is 4.75. The fraction of sp³-hybridized carbons (Fsp3) is 0.286. The number of alkyl halides is 2. The summed E-state index contributed by atoms with van der Waals surface area (Å²) in [7, 11) is -3.15. The smallest absolute Gasteiger partial charge is 0.267 e. The first-order chi connectivity index (χ1) is 7.29. The van der Waals surface area contributed by atoms with Crippen LogP contribution in [0, 0.1) is 3.70 Å². The van der Waals surface area contributed by atoms with Crippen molar-refractivity contribution in [3.05, 3.63) is 15.5 Å². The molecule has 90 valence electrons. The molecule has 5 nitrogen and oxygen atoms in total. The van der Waals surface area contributed by atoms with Gasteiger partial charge in [0.15, 0.2) is 5.75 Å². The van der Waals surface area contributed by atoms with Crippen molar-refractivity contribution in [3.8, 4) is 5.75 Å². The molecule has 0 aromatic carbocycles. The summed E-state index contributed by atoms with van der Waals surface area (Å²) in [6.45, 7) is 0. The molecule has 0 aliphatic carbocycles. The molecule has 1 rings (SSSR count). The first kappa shape index (κ1) is 13.5. The zero-order chi connectivity index (χ0) is 12.5. The van der Waals surface area contributed by atoms with Crippen molar-refractivity contribution in [3.63, 3.8) is 0 Å². The Hall–Kier alpha value is -0.550. The fourth-order valence-electron chi connectivity index (χ4n) is 1.10. The third-order valence-electron chi connectivity index (χ3n) is 1.71. The van der Waals surface area contributed by atoms with Gasteiger partial charge in [0.25, 0.3) is 6.43 Å². The maximum absolute atomic E-state index is 12.7. The predicted octanol–water partition coefficient (Wildman–Crippen LogP) is 1.28. The Kier molecular flexibility index (Phi) is 4.02. The molecular formula is C7H7F2IN2O3S. The Labute approximate surface area is 104 Å². The van der Waals surface area contributed by atoms with Crippen molar-refractivity contribution in [2.24, 2.45) is 5.14 Å². The highest BCUT2D eigenvalue weighted by Gasteiger charge is 2.28. The van der Waals surface area contributed by atoms with E-state index in [0.29, 0.717) is 0 Å². The molecule has 0 saturated heterocycles. The van der Waals surface area contributed by atoms with E-state index in [1.165, 1.54) is 22.6 Å². The number of methoxy groups -OCH3 is 1. The van der Waals surface area contributed by atoms with E-state index in [-0.39, 0.29) is 9.45 Å². The van der Waals surface area contributed by atoms with Crippen LogP contribution in [0.4, 0.5) is 8.78 Å². The Balaban J connectivity index is 3.70. The summed E-state index contributed by atoms with van der Waals surface area (Å²) in [6.07, 6.45) is -1.96. The normalized spacial score (nSPS) is 11.9. The minimum absolute atomic E-state index is 0.127. The van der Waals surface area contributed by atoms with Crippen molar-refractivity contribution in [2.45, 2.75) is 11.3 Å². The Morgan fingerprint density at radius 3 is 2.50 bits per heavy atom. The lowest BCUT2D eigenvalue weighted by atomic mass is 10.3. The van der Waals surface area contributed by atoms with E-state index in [0.717, 1.165) is 13.3 Å². The number of nitrogens with two attached hydrogens (primary N) is 1. The van der Waals surface area contributed by atoms with Crippen molar-refractivity contribution >= 4 is 32.6 Å². The van der Waals surface area contributed by atoms with Crippen molar-refractivity contribution in [1.82, 2.24) is 4.98 Å². The molecule has 0 unspecified atom stereocenters. The largest absolute Gasteiger partial charge is 0.494 e. The number of nitrogens with zero attached hydrogens (tertiary/aromatic N) is 1. The van der Waals surface area contributed by atoms with Gasteiger partial charge in [-0.1, -0.05) is 0 Å². The van der Waals surface area contributed by atoms with Gasteiger partial charge in [-0.3, -0.25) is 0 Å². The lowest BCUT2D eigenvalue weighted by molar-refractivity contribution is 0.145.